The number of carbonyl (C=O) groups excluding carboxylic acids is 2. The second kappa shape index (κ2) is 7.51. The van der Waals surface area contributed by atoms with Crippen LogP contribution in [0.1, 0.15) is 27.9 Å². The Morgan fingerprint density at radius 3 is 2.59 bits per heavy atom. The molecule has 2 aliphatic rings. The fourth-order valence-corrected chi connectivity index (χ4v) is 4.92. The van der Waals surface area contributed by atoms with Gasteiger partial charge in [-0.15, -0.1) is 0 Å². The molecule has 0 saturated heterocycles. The zero-order valence-electron chi connectivity index (χ0n) is 16.1. The third kappa shape index (κ3) is 3.85. The van der Waals surface area contributed by atoms with E-state index in [9.17, 15) is 18.0 Å². The third-order valence-electron chi connectivity index (χ3n) is 5.31. The van der Waals surface area contributed by atoms with Gasteiger partial charge < -0.3 is 9.64 Å². The highest BCUT2D eigenvalue weighted by Gasteiger charge is 2.27. The van der Waals surface area contributed by atoms with Gasteiger partial charge in [-0.2, -0.15) is 0 Å². The first-order valence-corrected chi connectivity index (χ1v) is 11.4. The van der Waals surface area contributed by atoms with E-state index < -0.39 is 16.0 Å². The Labute approximate surface area is 169 Å². The standard InChI is InChI=1S/C21H22N2O5S/c1-29(26,27)23-11-4-6-16-13-17(8-9-19(16)23)21(25)28-14-20(24)22-12-10-15-5-2-3-7-18(15)22/h2-3,5,7-9,13H,4,6,10-12,14H2,1H3. The Hall–Kier alpha value is -2.87. The van der Waals surface area contributed by atoms with Gasteiger partial charge in [0.2, 0.25) is 10.0 Å². The molecule has 0 atom stereocenters. The number of rotatable bonds is 4. The maximum absolute atomic E-state index is 12.5. The fourth-order valence-electron chi connectivity index (χ4n) is 3.92. The number of aryl methyl sites for hydroxylation is 1. The molecule has 0 spiro atoms. The smallest absolute Gasteiger partial charge is 0.338 e. The summed E-state index contributed by atoms with van der Waals surface area (Å²) >= 11 is 0. The van der Waals surface area contributed by atoms with E-state index in [1.54, 1.807) is 23.1 Å². The largest absolute Gasteiger partial charge is 0.452 e. The summed E-state index contributed by atoms with van der Waals surface area (Å²) in [6.45, 7) is 0.678. The highest BCUT2D eigenvalue weighted by Crippen LogP contribution is 2.30. The van der Waals surface area contributed by atoms with E-state index in [-0.39, 0.29) is 12.5 Å². The first-order valence-electron chi connectivity index (χ1n) is 9.50. The first kappa shape index (κ1) is 19.4. The lowest BCUT2D eigenvalue weighted by Crippen LogP contribution is -2.34. The highest BCUT2D eigenvalue weighted by molar-refractivity contribution is 7.92. The number of hydrogen-bond acceptors (Lipinski definition) is 5. The number of anilines is 2. The van der Waals surface area contributed by atoms with Crippen LogP contribution in [0.15, 0.2) is 42.5 Å². The van der Waals surface area contributed by atoms with Crippen LogP contribution in [0.4, 0.5) is 11.4 Å². The summed E-state index contributed by atoms with van der Waals surface area (Å²) in [5.74, 6) is -0.852. The summed E-state index contributed by atoms with van der Waals surface area (Å²) in [6, 6.07) is 12.5. The van der Waals surface area contributed by atoms with Gasteiger partial charge in [0, 0.05) is 18.8 Å². The van der Waals surface area contributed by atoms with Crippen LogP contribution in [0.2, 0.25) is 0 Å². The molecule has 0 unspecified atom stereocenters. The summed E-state index contributed by atoms with van der Waals surface area (Å²) in [5, 5.41) is 0. The summed E-state index contributed by atoms with van der Waals surface area (Å²) in [5.41, 5.74) is 3.67. The molecular weight excluding hydrogens is 392 g/mol. The molecule has 0 fully saturated rings. The molecule has 0 bridgehead atoms. The molecule has 0 radical (unpaired) electrons. The van der Waals surface area contributed by atoms with Gasteiger partial charge in [0.15, 0.2) is 6.61 Å². The lowest BCUT2D eigenvalue weighted by atomic mass is 10.0. The molecule has 7 nitrogen and oxygen atoms in total. The molecule has 1 amide bonds. The molecule has 2 aromatic carbocycles. The van der Waals surface area contributed by atoms with Crippen molar-refractivity contribution in [2.24, 2.45) is 0 Å². The van der Waals surface area contributed by atoms with E-state index >= 15 is 0 Å². The summed E-state index contributed by atoms with van der Waals surface area (Å²) in [4.78, 5) is 26.6. The predicted octanol–water partition coefficient (Wildman–Crippen LogP) is 2.14. The van der Waals surface area contributed by atoms with Crippen LogP contribution in [0.5, 0.6) is 0 Å². The van der Waals surface area contributed by atoms with Crippen molar-refractivity contribution < 1.29 is 22.7 Å². The Bertz CT molecular complexity index is 1080. The molecule has 152 valence electrons. The van der Waals surface area contributed by atoms with Gasteiger partial charge >= 0.3 is 5.97 Å². The summed E-state index contributed by atoms with van der Waals surface area (Å²) < 4.78 is 30.5. The Kier molecular flexibility index (Phi) is 5.04. The fraction of sp³-hybridized carbons (Fsp3) is 0.333. The normalized spacial score (nSPS) is 15.6. The van der Waals surface area contributed by atoms with Crippen LogP contribution in [-0.2, 0) is 32.4 Å². The molecule has 4 rings (SSSR count). The number of fused-ring (bicyclic) bond motifs is 2. The van der Waals surface area contributed by atoms with Crippen LogP contribution < -0.4 is 9.21 Å². The van der Waals surface area contributed by atoms with Gasteiger partial charge in [0.1, 0.15) is 0 Å². The van der Waals surface area contributed by atoms with E-state index in [4.69, 9.17) is 4.74 Å². The van der Waals surface area contributed by atoms with Crippen molar-refractivity contribution in [3.05, 3.63) is 59.2 Å². The second-order valence-corrected chi connectivity index (χ2v) is 9.19. The van der Waals surface area contributed by atoms with Crippen LogP contribution >= 0.6 is 0 Å². The number of ether oxygens (including phenoxy) is 1. The first-order chi connectivity index (χ1) is 13.8. The number of amides is 1. The average molecular weight is 414 g/mol. The number of esters is 1. The topological polar surface area (TPSA) is 84.0 Å². The molecule has 0 N–H and O–H groups in total. The summed E-state index contributed by atoms with van der Waals surface area (Å²) in [6.07, 6.45) is 3.33. The lowest BCUT2D eigenvalue weighted by molar-refractivity contribution is -0.121. The van der Waals surface area contributed by atoms with Crippen molar-refractivity contribution in [3.63, 3.8) is 0 Å². The van der Waals surface area contributed by atoms with Crippen LogP contribution in [0.3, 0.4) is 0 Å². The van der Waals surface area contributed by atoms with Crippen molar-refractivity contribution in [2.45, 2.75) is 19.3 Å². The van der Waals surface area contributed by atoms with Gasteiger partial charge in [0.05, 0.1) is 17.5 Å². The number of benzene rings is 2. The quantitative estimate of drug-likeness (QED) is 0.716. The van der Waals surface area contributed by atoms with Gasteiger partial charge in [0.25, 0.3) is 5.91 Å². The number of carbonyl (C=O) groups is 2. The molecule has 2 aliphatic heterocycles. The Balaban J connectivity index is 1.44. The van der Waals surface area contributed by atoms with Crippen molar-refractivity contribution in [1.82, 2.24) is 0 Å². The molecule has 8 heteroatoms. The molecule has 0 aromatic heterocycles. The SMILES string of the molecule is CS(=O)(=O)N1CCCc2cc(C(=O)OCC(=O)N3CCc4ccccc43)ccc21. The monoisotopic (exact) mass is 414 g/mol. The van der Waals surface area contributed by atoms with Crippen LogP contribution in [0.25, 0.3) is 0 Å². The average Bonchev–Trinajstić information content (AvgIpc) is 3.14. The number of nitrogens with zero attached hydrogens (tertiary/aromatic N) is 2. The van der Waals surface area contributed by atoms with E-state index in [1.165, 1.54) is 10.6 Å². The summed E-state index contributed by atoms with van der Waals surface area (Å²) in [7, 11) is -3.36. The van der Waals surface area contributed by atoms with Gasteiger partial charge in [-0.3, -0.25) is 9.10 Å². The highest BCUT2D eigenvalue weighted by atomic mass is 32.2. The van der Waals surface area contributed by atoms with Crippen LogP contribution in [-0.4, -0.2) is 46.2 Å². The Morgan fingerprint density at radius 1 is 1.00 bits per heavy atom. The molecule has 2 heterocycles. The molecular formula is C21H22N2O5S. The van der Waals surface area contributed by atoms with Crippen LogP contribution in [0, 0.1) is 0 Å². The molecule has 0 aliphatic carbocycles. The van der Waals surface area contributed by atoms with Gasteiger partial charge in [-0.25, -0.2) is 13.2 Å². The van der Waals surface area contributed by atoms with Gasteiger partial charge in [-0.05, 0) is 54.7 Å². The van der Waals surface area contributed by atoms with Crippen molar-refractivity contribution >= 4 is 33.3 Å². The number of sulfonamides is 1. The lowest BCUT2D eigenvalue weighted by Gasteiger charge is -2.29. The molecule has 2 aromatic rings. The second-order valence-electron chi connectivity index (χ2n) is 7.28. The minimum Gasteiger partial charge on any atom is -0.452 e. The zero-order valence-corrected chi connectivity index (χ0v) is 16.9. The molecule has 0 saturated carbocycles. The minimum atomic E-state index is -3.36. The number of para-hydroxylation sites is 1. The van der Waals surface area contributed by atoms with Crippen molar-refractivity contribution in [2.75, 3.05) is 35.2 Å². The maximum Gasteiger partial charge on any atom is 0.338 e. The van der Waals surface area contributed by atoms with Gasteiger partial charge in [-0.1, -0.05) is 18.2 Å². The third-order valence-corrected chi connectivity index (χ3v) is 6.49. The van der Waals surface area contributed by atoms with Crippen molar-refractivity contribution in [1.29, 1.82) is 0 Å². The van der Waals surface area contributed by atoms with E-state index in [1.807, 2.05) is 24.3 Å². The minimum absolute atomic E-state index is 0.260. The maximum atomic E-state index is 12.5. The van der Waals surface area contributed by atoms with E-state index in [0.717, 1.165) is 23.2 Å². The van der Waals surface area contributed by atoms with Crippen molar-refractivity contribution in [3.8, 4) is 0 Å². The zero-order chi connectivity index (χ0) is 20.6. The Morgan fingerprint density at radius 2 is 1.79 bits per heavy atom. The molecule has 29 heavy (non-hydrogen) atoms. The number of hydrogen-bond donors (Lipinski definition) is 0. The van der Waals surface area contributed by atoms with E-state index in [0.29, 0.717) is 37.2 Å². The predicted molar refractivity (Wildman–Crippen MR) is 110 cm³/mol. The van der Waals surface area contributed by atoms with E-state index in [2.05, 4.69) is 0 Å².